The molecule has 4 saturated carbocycles. The number of hydrogen-bond acceptors (Lipinski definition) is 1. The molecule has 150 valence electrons. The Hall–Kier alpha value is -0.0400. The molecule has 4 rings (SSSR count). The molecule has 0 radical (unpaired) electrons. The first-order chi connectivity index (χ1) is 12.4. The maximum atomic E-state index is 7.10. The monoisotopic (exact) mass is 359 g/mol. The van der Waals surface area contributed by atoms with Crippen LogP contribution in [-0.2, 0) is 0 Å². The van der Waals surface area contributed by atoms with Crippen LogP contribution in [0.15, 0.2) is 0 Å². The number of fused-ring (bicyclic) bond motifs is 5. The molecule has 0 aromatic rings. The van der Waals surface area contributed by atoms with Gasteiger partial charge in [-0.1, -0.05) is 47.0 Å². The van der Waals surface area contributed by atoms with Gasteiger partial charge in [-0.15, -0.1) is 0 Å². The van der Waals surface area contributed by atoms with Crippen molar-refractivity contribution in [3.8, 4) is 0 Å². The highest BCUT2D eigenvalue weighted by molar-refractivity contribution is 5.15. The van der Waals surface area contributed by atoms with Crippen LogP contribution in [0.25, 0.3) is 0 Å². The summed E-state index contributed by atoms with van der Waals surface area (Å²) in [6.45, 7) is 10.0. The lowest BCUT2D eigenvalue weighted by Gasteiger charge is -2.62. The minimum Gasteiger partial charge on any atom is -0.325 e. The fourth-order valence-corrected chi connectivity index (χ4v) is 9.04. The van der Waals surface area contributed by atoms with Gasteiger partial charge < -0.3 is 5.73 Å². The second-order valence-corrected chi connectivity index (χ2v) is 11.5. The maximum absolute atomic E-state index is 7.10. The number of nitrogens with two attached hydrogens (primary N) is 1. The fraction of sp³-hybridized carbons (Fsp3) is 1.00. The lowest BCUT2D eigenvalue weighted by Crippen LogP contribution is -2.59. The van der Waals surface area contributed by atoms with Crippen molar-refractivity contribution < 1.29 is 0 Å². The Morgan fingerprint density at radius 1 is 0.846 bits per heavy atom. The average Bonchev–Trinajstić information content (AvgIpc) is 2.87. The summed E-state index contributed by atoms with van der Waals surface area (Å²) in [6.07, 6.45) is 18.6. The smallest absolute Gasteiger partial charge is 0.0211 e. The van der Waals surface area contributed by atoms with Crippen LogP contribution < -0.4 is 5.73 Å². The highest BCUT2D eigenvalue weighted by Gasteiger charge is 2.63. The summed E-state index contributed by atoms with van der Waals surface area (Å²) in [4.78, 5) is 0. The van der Waals surface area contributed by atoms with Crippen molar-refractivity contribution >= 4 is 0 Å². The summed E-state index contributed by atoms with van der Waals surface area (Å²) in [5.41, 5.74) is 8.30. The third kappa shape index (κ3) is 2.66. The summed E-state index contributed by atoms with van der Waals surface area (Å²) in [6, 6.07) is 0. The Balaban J connectivity index is 1.55. The van der Waals surface area contributed by atoms with Crippen LogP contribution in [0.5, 0.6) is 0 Å². The van der Waals surface area contributed by atoms with Crippen molar-refractivity contribution in [2.75, 3.05) is 0 Å². The zero-order valence-electron chi connectivity index (χ0n) is 18.2. The van der Waals surface area contributed by atoms with Gasteiger partial charge in [-0.05, 0) is 105 Å². The van der Waals surface area contributed by atoms with E-state index in [0.717, 1.165) is 29.6 Å². The number of rotatable bonds is 4. The third-order valence-electron chi connectivity index (χ3n) is 10.6. The molecule has 4 aliphatic carbocycles. The number of hydrogen-bond donors (Lipinski definition) is 1. The molecular formula is C25H45N. The van der Waals surface area contributed by atoms with Gasteiger partial charge in [0.2, 0.25) is 0 Å². The van der Waals surface area contributed by atoms with Gasteiger partial charge in [0.25, 0.3) is 0 Å². The van der Waals surface area contributed by atoms with Gasteiger partial charge in [0.15, 0.2) is 0 Å². The first kappa shape index (κ1) is 19.3. The predicted octanol–water partition coefficient (Wildman–Crippen LogP) is 6.94. The molecule has 0 spiro atoms. The summed E-state index contributed by atoms with van der Waals surface area (Å²) in [7, 11) is 0. The Morgan fingerprint density at radius 3 is 2.35 bits per heavy atom. The third-order valence-corrected chi connectivity index (χ3v) is 10.6. The summed E-state index contributed by atoms with van der Waals surface area (Å²) >= 11 is 0. The van der Waals surface area contributed by atoms with Gasteiger partial charge in [-0.2, -0.15) is 0 Å². The molecule has 1 heteroatoms. The van der Waals surface area contributed by atoms with E-state index in [-0.39, 0.29) is 5.54 Å². The molecule has 0 bridgehead atoms. The fourth-order valence-electron chi connectivity index (χ4n) is 9.04. The van der Waals surface area contributed by atoms with E-state index in [1.807, 2.05) is 0 Å². The SMILES string of the molecule is CCCC1CCC2(C)C(CCC3C2CCC2(C)C3CC[C@]2(N)CCC)C1. The lowest BCUT2D eigenvalue weighted by atomic mass is 9.43. The van der Waals surface area contributed by atoms with Crippen molar-refractivity contribution in [3.63, 3.8) is 0 Å². The van der Waals surface area contributed by atoms with Gasteiger partial charge in [0.05, 0.1) is 0 Å². The largest absolute Gasteiger partial charge is 0.325 e. The van der Waals surface area contributed by atoms with E-state index in [2.05, 4.69) is 27.7 Å². The van der Waals surface area contributed by atoms with Crippen molar-refractivity contribution in [1.29, 1.82) is 0 Å². The normalized spacial score (nSPS) is 53.7. The van der Waals surface area contributed by atoms with Crippen LogP contribution in [-0.4, -0.2) is 5.54 Å². The molecule has 0 aromatic heterocycles. The van der Waals surface area contributed by atoms with Crippen LogP contribution in [0, 0.1) is 40.4 Å². The van der Waals surface area contributed by atoms with E-state index in [1.165, 1.54) is 77.0 Å². The Bertz CT molecular complexity index is 514. The Morgan fingerprint density at radius 2 is 1.62 bits per heavy atom. The standard InChI is InChI=1S/C25H45N/c1-5-7-18-10-14-23(3)19(17-18)8-9-20-21(23)11-15-24(4)22(20)12-16-25(24,26)13-6-2/h18-22H,5-17,26H2,1-4H3/t18?,19?,20?,21?,22?,23?,24?,25-/m1/s1. The predicted molar refractivity (Wildman–Crippen MR) is 112 cm³/mol. The first-order valence-electron chi connectivity index (χ1n) is 12.2. The van der Waals surface area contributed by atoms with E-state index in [1.54, 1.807) is 6.42 Å². The molecule has 0 aromatic carbocycles. The van der Waals surface area contributed by atoms with Crippen molar-refractivity contribution in [1.82, 2.24) is 0 Å². The van der Waals surface area contributed by atoms with Gasteiger partial charge in [-0.25, -0.2) is 0 Å². The van der Waals surface area contributed by atoms with Gasteiger partial charge in [-0.3, -0.25) is 0 Å². The van der Waals surface area contributed by atoms with Crippen LogP contribution >= 0.6 is 0 Å². The van der Waals surface area contributed by atoms with Crippen molar-refractivity contribution in [3.05, 3.63) is 0 Å². The Kier molecular flexibility index (Phi) is 5.03. The van der Waals surface area contributed by atoms with Crippen LogP contribution in [0.1, 0.15) is 111 Å². The van der Waals surface area contributed by atoms with Crippen LogP contribution in [0.4, 0.5) is 0 Å². The molecule has 7 unspecified atom stereocenters. The zero-order valence-corrected chi connectivity index (χ0v) is 18.2. The summed E-state index contributed by atoms with van der Waals surface area (Å²) in [5.74, 6) is 4.98. The topological polar surface area (TPSA) is 26.0 Å². The molecule has 26 heavy (non-hydrogen) atoms. The van der Waals surface area contributed by atoms with Crippen LogP contribution in [0.3, 0.4) is 0 Å². The maximum Gasteiger partial charge on any atom is 0.0211 e. The molecule has 2 N–H and O–H groups in total. The van der Waals surface area contributed by atoms with E-state index >= 15 is 0 Å². The van der Waals surface area contributed by atoms with E-state index in [0.29, 0.717) is 10.8 Å². The van der Waals surface area contributed by atoms with Gasteiger partial charge in [0, 0.05) is 5.54 Å². The van der Waals surface area contributed by atoms with Gasteiger partial charge in [0.1, 0.15) is 0 Å². The molecule has 1 nitrogen and oxygen atoms in total. The average molecular weight is 360 g/mol. The zero-order chi connectivity index (χ0) is 18.6. The summed E-state index contributed by atoms with van der Waals surface area (Å²) in [5, 5.41) is 0. The lowest BCUT2D eigenvalue weighted by molar-refractivity contribution is -0.121. The molecule has 8 atom stereocenters. The minimum absolute atomic E-state index is 0.133. The van der Waals surface area contributed by atoms with Crippen LogP contribution in [0.2, 0.25) is 0 Å². The first-order valence-corrected chi connectivity index (χ1v) is 12.2. The second-order valence-electron chi connectivity index (χ2n) is 11.5. The van der Waals surface area contributed by atoms with Gasteiger partial charge >= 0.3 is 0 Å². The van der Waals surface area contributed by atoms with Crippen molar-refractivity contribution in [2.45, 2.75) is 117 Å². The molecular weight excluding hydrogens is 314 g/mol. The molecule has 0 saturated heterocycles. The minimum atomic E-state index is 0.133. The van der Waals surface area contributed by atoms with Crippen molar-refractivity contribution in [2.24, 2.45) is 46.2 Å². The Labute approximate surface area is 163 Å². The highest BCUT2D eigenvalue weighted by Crippen LogP contribution is 2.68. The van der Waals surface area contributed by atoms with E-state index in [9.17, 15) is 0 Å². The second kappa shape index (κ2) is 6.78. The molecule has 4 fully saturated rings. The van der Waals surface area contributed by atoms with E-state index in [4.69, 9.17) is 5.73 Å². The van der Waals surface area contributed by atoms with E-state index < -0.39 is 0 Å². The molecule has 0 heterocycles. The molecule has 4 aliphatic rings. The highest BCUT2D eigenvalue weighted by atomic mass is 14.8. The summed E-state index contributed by atoms with van der Waals surface area (Å²) < 4.78 is 0. The molecule has 0 amide bonds. The quantitative estimate of drug-likeness (QED) is 0.578. The molecule has 0 aliphatic heterocycles.